The van der Waals surface area contributed by atoms with E-state index in [1.54, 1.807) is 19.2 Å². The molecule has 9 heteroatoms. The van der Waals surface area contributed by atoms with E-state index >= 15 is 0 Å². The molecule has 1 rings (SSSR count). The second-order valence-electron chi connectivity index (χ2n) is 6.79. The maximum absolute atomic E-state index is 12.5. The quantitative estimate of drug-likeness (QED) is 0.311. The Kier molecular flexibility index (Phi) is 11.5. The highest BCUT2D eigenvalue weighted by atomic mass is 19.4. The van der Waals surface area contributed by atoms with Crippen molar-refractivity contribution in [2.24, 2.45) is 4.99 Å². The Morgan fingerprint density at radius 3 is 2.62 bits per heavy atom. The minimum Gasteiger partial charge on any atom is -0.484 e. The molecule has 0 heterocycles. The predicted molar refractivity (Wildman–Crippen MR) is 110 cm³/mol. The van der Waals surface area contributed by atoms with Crippen LogP contribution in [0.25, 0.3) is 0 Å². The maximum Gasteiger partial charge on any atom is 0.422 e. The lowest BCUT2D eigenvalue weighted by Crippen LogP contribution is -2.38. The number of aryl methyl sites for hydroxylation is 1. The van der Waals surface area contributed by atoms with E-state index in [0.717, 1.165) is 31.6 Å². The van der Waals surface area contributed by atoms with Crippen molar-refractivity contribution in [3.05, 3.63) is 29.3 Å². The highest BCUT2D eigenvalue weighted by Crippen LogP contribution is 2.24. The number of halogens is 3. The Morgan fingerprint density at radius 2 is 1.97 bits per heavy atom. The molecule has 0 spiro atoms. The molecular weight excluding hydrogens is 385 g/mol. The van der Waals surface area contributed by atoms with Gasteiger partial charge in [0.05, 0.1) is 13.2 Å². The molecule has 0 aliphatic carbocycles. The number of benzene rings is 1. The molecule has 0 unspecified atom stereocenters. The number of likely N-dealkylation sites (N-methyl/N-ethyl adjacent to an activating group) is 1. The zero-order valence-corrected chi connectivity index (χ0v) is 17.7. The lowest BCUT2D eigenvalue weighted by molar-refractivity contribution is -0.153. The van der Waals surface area contributed by atoms with Crippen molar-refractivity contribution in [1.29, 1.82) is 0 Å². The second kappa shape index (κ2) is 13.3. The summed E-state index contributed by atoms with van der Waals surface area (Å²) >= 11 is 0. The van der Waals surface area contributed by atoms with Crippen LogP contribution in [0, 0.1) is 6.92 Å². The van der Waals surface area contributed by atoms with Gasteiger partial charge < -0.3 is 25.0 Å². The van der Waals surface area contributed by atoms with Crippen molar-refractivity contribution in [2.75, 3.05) is 53.6 Å². The summed E-state index contributed by atoms with van der Waals surface area (Å²) in [5, 5.41) is 6.40. The van der Waals surface area contributed by atoms with Crippen LogP contribution in [0.1, 0.15) is 24.5 Å². The summed E-state index contributed by atoms with van der Waals surface area (Å²) in [6.07, 6.45) is -3.45. The highest BCUT2D eigenvalue weighted by Gasteiger charge is 2.28. The Morgan fingerprint density at radius 1 is 1.21 bits per heavy atom. The summed E-state index contributed by atoms with van der Waals surface area (Å²) < 4.78 is 47.5. The van der Waals surface area contributed by atoms with E-state index in [0.29, 0.717) is 24.7 Å². The molecule has 0 saturated heterocycles. The Hall–Kier alpha value is -2.00. The average Bonchev–Trinajstić information content (AvgIpc) is 2.66. The van der Waals surface area contributed by atoms with E-state index < -0.39 is 12.8 Å². The van der Waals surface area contributed by atoms with Crippen LogP contribution in [0.2, 0.25) is 0 Å². The van der Waals surface area contributed by atoms with Gasteiger partial charge in [-0.3, -0.25) is 0 Å². The average molecular weight is 419 g/mol. The molecule has 2 N–H and O–H groups in total. The van der Waals surface area contributed by atoms with Crippen LogP contribution in [0.5, 0.6) is 5.75 Å². The molecule has 6 nitrogen and oxygen atoms in total. The van der Waals surface area contributed by atoms with E-state index in [-0.39, 0.29) is 12.3 Å². The maximum atomic E-state index is 12.5. The summed E-state index contributed by atoms with van der Waals surface area (Å²) in [5.41, 5.74) is 1.44. The molecule has 0 bridgehead atoms. The molecule has 0 fully saturated rings. The number of aliphatic imine (C=N–C) groups is 1. The van der Waals surface area contributed by atoms with Crippen LogP contribution in [-0.2, 0) is 11.3 Å². The SMILES string of the molecule is CCNC(=NCc1ccc(C)cc1OCC(F)(F)F)NCCCN(C)CCOC. The first-order valence-corrected chi connectivity index (χ1v) is 9.74. The molecule has 0 aromatic heterocycles. The van der Waals surface area contributed by atoms with Gasteiger partial charge in [-0.25, -0.2) is 4.99 Å². The first kappa shape index (κ1) is 25.0. The van der Waals surface area contributed by atoms with Crippen molar-refractivity contribution in [2.45, 2.75) is 33.0 Å². The number of methoxy groups -OCH3 is 1. The fourth-order valence-electron chi connectivity index (χ4n) is 2.51. The number of rotatable bonds is 12. The van der Waals surface area contributed by atoms with Crippen molar-refractivity contribution in [3.8, 4) is 5.75 Å². The van der Waals surface area contributed by atoms with E-state index in [9.17, 15) is 13.2 Å². The lowest BCUT2D eigenvalue weighted by atomic mass is 10.1. The summed E-state index contributed by atoms with van der Waals surface area (Å²) in [5.74, 6) is 0.830. The van der Waals surface area contributed by atoms with Crippen molar-refractivity contribution < 1.29 is 22.6 Å². The zero-order valence-electron chi connectivity index (χ0n) is 17.7. The van der Waals surface area contributed by atoms with Crippen molar-refractivity contribution in [3.63, 3.8) is 0 Å². The Labute approximate surface area is 171 Å². The first-order valence-electron chi connectivity index (χ1n) is 9.74. The molecule has 1 aromatic rings. The Balaban J connectivity index is 2.63. The van der Waals surface area contributed by atoms with Crippen LogP contribution < -0.4 is 15.4 Å². The van der Waals surface area contributed by atoms with Crippen molar-refractivity contribution in [1.82, 2.24) is 15.5 Å². The van der Waals surface area contributed by atoms with Crippen LogP contribution in [0.4, 0.5) is 13.2 Å². The molecule has 0 aliphatic heterocycles. The number of hydrogen-bond acceptors (Lipinski definition) is 4. The van der Waals surface area contributed by atoms with Gasteiger partial charge in [-0.1, -0.05) is 12.1 Å². The van der Waals surface area contributed by atoms with Gasteiger partial charge in [0.1, 0.15) is 5.75 Å². The molecule has 29 heavy (non-hydrogen) atoms. The van der Waals surface area contributed by atoms with Gasteiger partial charge in [-0.2, -0.15) is 13.2 Å². The minimum atomic E-state index is -4.38. The summed E-state index contributed by atoms with van der Waals surface area (Å²) in [6, 6.07) is 5.19. The minimum absolute atomic E-state index is 0.210. The molecule has 166 valence electrons. The topological polar surface area (TPSA) is 58.1 Å². The summed E-state index contributed by atoms with van der Waals surface area (Å²) in [4.78, 5) is 6.67. The normalized spacial score (nSPS) is 12.3. The van der Waals surface area contributed by atoms with Crippen LogP contribution >= 0.6 is 0 Å². The molecule has 1 aromatic carbocycles. The lowest BCUT2D eigenvalue weighted by Gasteiger charge is -2.17. The number of guanidine groups is 1. The fraction of sp³-hybridized carbons (Fsp3) is 0.650. The van der Waals surface area contributed by atoms with Gasteiger partial charge >= 0.3 is 6.18 Å². The van der Waals surface area contributed by atoms with Gasteiger partial charge in [0.15, 0.2) is 12.6 Å². The van der Waals surface area contributed by atoms with Crippen LogP contribution in [-0.4, -0.2) is 70.6 Å². The van der Waals surface area contributed by atoms with Gasteiger partial charge in [0.2, 0.25) is 0 Å². The van der Waals surface area contributed by atoms with Crippen molar-refractivity contribution >= 4 is 5.96 Å². The monoisotopic (exact) mass is 418 g/mol. The number of alkyl halides is 3. The number of nitrogens with zero attached hydrogens (tertiary/aromatic N) is 2. The third-order valence-corrected chi connectivity index (χ3v) is 4.05. The second-order valence-corrected chi connectivity index (χ2v) is 6.79. The number of nitrogens with one attached hydrogen (secondary N) is 2. The summed E-state index contributed by atoms with van der Waals surface area (Å²) in [6.45, 7) is 6.57. The summed E-state index contributed by atoms with van der Waals surface area (Å²) in [7, 11) is 3.72. The fourth-order valence-corrected chi connectivity index (χ4v) is 2.51. The molecule has 0 atom stereocenters. The molecular formula is C20H33F3N4O2. The van der Waals surface area contributed by atoms with Gasteiger partial charge in [-0.15, -0.1) is 0 Å². The van der Waals surface area contributed by atoms with Crippen LogP contribution in [0.3, 0.4) is 0 Å². The number of hydrogen-bond donors (Lipinski definition) is 2. The molecule has 0 radical (unpaired) electrons. The third kappa shape index (κ3) is 11.6. The first-order chi connectivity index (χ1) is 13.7. The Bertz CT molecular complexity index is 624. The number of ether oxygens (including phenoxy) is 2. The van der Waals surface area contributed by atoms with Gasteiger partial charge in [-0.05, 0) is 45.5 Å². The third-order valence-electron chi connectivity index (χ3n) is 4.05. The van der Waals surface area contributed by atoms with Gasteiger partial charge in [0.25, 0.3) is 0 Å². The molecule has 0 amide bonds. The van der Waals surface area contributed by atoms with E-state index in [1.807, 2.05) is 27.0 Å². The standard InChI is InChI=1S/C20H33F3N4O2/c1-5-24-19(25-9-6-10-27(3)11-12-28-4)26-14-17-8-7-16(2)13-18(17)29-15-20(21,22)23/h7-8,13H,5-6,9-12,14-15H2,1-4H3,(H2,24,25,26). The predicted octanol–water partition coefficient (Wildman–Crippen LogP) is 2.96. The smallest absolute Gasteiger partial charge is 0.422 e. The zero-order chi connectivity index (χ0) is 21.7. The molecule has 0 aliphatic rings. The van der Waals surface area contributed by atoms with E-state index in [2.05, 4.69) is 20.5 Å². The van der Waals surface area contributed by atoms with Crippen LogP contribution in [0.15, 0.2) is 23.2 Å². The van der Waals surface area contributed by atoms with E-state index in [1.165, 1.54) is 0 Å². The highest BCUT2D eigenvalue weighted by molar-refractivity contribution is 5.79. The van der Waals surface area contributed by atoms with E-state index in [4.69, 9.17) is 9.47 Å². The largest absolute Gasteiger partial charge is 0.484 e. The molecule has 0 saturated carbocycles. The van der Waals surface area contributed by atoms with Gasteiger partial charge in [0, 0.05) is 32.3 Å².